The van der Waals surface area contributed by atoms with Crippen molar-refractivity contribution in [2.75, 3.05) is 0 Å². The van der Waals surface area contributed by atoms with E-state index in [-0.39, 0.29) is 6.10 Å². The lowest BCUT2D eigenvalue weighted by molar-refractivity contribution is -0.0456. The van der Waals surface area contributed by atoms with Gasteiger partial charge in [-0.25, -0.2) is 0 Å². The number of benzene rings is 4. The molecule has 3 fully saturated rings. The van der Waals surface area contributed by atoms with Gasteiger partial charge in [-0.15, -0.1) is 0 Å². The summed E-state index contributed by atoms with van der Waals surface area (Å²) < 4.78 is 0. The van der Waals surface area contributed by atoms with Gasteiger partial charge in [0.05, 0.1) is 6.10 Å². The Hall–Kier alpha value is -2.64. The average molecular weight is 529 g/mol. The molecular formula is C39H44O. The van der Waals surface area contributed by atoms with Crippen molar-refractivity contribution in [2.24, 2.45) is 34.5 Å². The molecule has 4 aliphatic carbocycles. The predicted octanol–water partition coefficient (Wildman–Crippen LogP) is 10.0. The first-order valence-electron chi connectivity index (χ1n) is 16.1. The second-order valence-electron chi connectivity index (χ2n) is 14.6. The van der Waals surface area contributed by atoms with Crippen LogP contribution in [-0.2, 0) is 6.42 Å². The minimum absolute atomic E-state index is 0.113. The second-order valence-corrected chi connectivity index (χ2v) is 14.6. The second kappa shape index (κ2) is 8.93. The lowest BCUT2D eigenvalue weighted by Gasteiger charge is -2.58. The van der Waals surface area contributed by atoms with E-state index in [1.807, 2.05) is 0 Å². The number of rotatable bonds is 4. The Bertz CT molecular complexity index is 1590. The fraction of sp³-hybridized carbons (Fsp3) is 0.487. The van der Waals surface area contributed by atoms with Crippen LogP contribution >= 0.6 is 0 Å². The van der Waals surface area contributed by atoms with Gasteiger partial charge in [-0.1, -0.05) is 92.2 Å². The Labute approximate surface area is 239 Å². The Morgan fingerprint density at radius 3 is 2.30 bits per heavy atom. The van der Waals surface area contributed by atoms with E-state index in [1.165, 1.54) is 82.0 Å². The first-order chi connectivity index (χ1) is 19.3. The molecule has 3 saturated carbocycles. The maximum absolute atomic E-state index is 10.4. The van der Waals surface area contributed by atoms with Gasteiger partial charge in [-0.2, -0.15) is 0 Å². The molecule has 0 spiro atoms. The van der Waals surface area contributed by atoms with E-state index < -0.39 is 0 Å². The highest BCUT2D eigenvalue weighted by Crippen LogP contribution is 2.67. The van der Waals surface area contributed by atoms with E-state index >= 15 is 0 Å². The van der Waals surface area contributed by atoms with Gasteiger partial charge < -0.3 is 5.11 Å². The van der Waals surface area contributed by atoms with Gasteiger partial charge in [0, 0.05) is 0 Å². The van der Waals surface area contributed by atoms with Gasteiger partial charge in [0.1, 0.15) is 0 Å². The van der Waals surface area contributed by atoms with Gasteiger partial charge >= 0.3 is 0 Å². The molecule has 0 aromatic heterocycles. The first kappa shape index (κ1) is 25.1. The zero-order chi connectivity index (χ0) is 27.2. The van der Waals surface area contributed by atoms with Crippen molar-refractivity contribution in [3.8, 4) is 0 Å². The minimum atomic E-state index is -0.113. The third-order valence-corrected chi connectivity index (χ3v) is 12.8. The van der Waals surface area contributed by atoms with Crippen LogP contribution in [0.4, 0.5) is 0 Å². The van der Waals surface area contributed by atoms with Crippen LogP contribution in [0.1, 0.15) is 77.2 Å². The highest BCUT2D eigenvalue weighted by atomic mass is 16.3. The maximum atomic E-state index is 10.4. The van der Waals surface area contributed by atoms with Crippen molar-refractivity contribution in [1.82, 2.24) is 0 Å². The minimum Gasteiger partial charge on any atom is -0.393 e. The van der Waals surface area contributed by atoms with E-state index in [2.05, 4.69) is 74.5 Å². The van der Waals surface area contributed by atoms with Crippen molar-refractivity contribution < 1.29 is 5.11 Å². The van der Waals surface area contributed by atoms with Crippen molar-refractivity contribution in [1.29, 1.82) is 0 Å². The monoisotopic (exact) mass is 528 g/mol. The fourth-order valence-corrected chi connectivity index (χ4v) is 10.8. The Morgan fingerprint density at radius 1 is 0.850 bits per heavy atom. The number of allylic oxidation sites excluding steroid dienone is 2. The standard InChI is InChI=1S/C39H44O/c1-24(7-8-25-21-28-11-9-26-5-4-6-27-10-12-29(22-25)37(28)36(26)27)33-15-16-34-32-14-13-30-23-31(40)17-19-38(30,2)35(32)18-20-39(33,34)3/h4-6,9-13,21-22,31-35,40H,1,7-8,14-20,23H2,2-3H3/t31-,32-,33+,34-,35-,38-,39+/m0/s1. The number of fused-ring (bicyclic) bond motifs is 5. The Morgan fingerprint density at radius 2 is 1.55 bits per heavy atom. The molecule has 4 aromatic carbocycles. The molecule has 0 radical (unpaired) electrons. The third-order valence-electron chi connectivity index (χ3n) is 12.8. The smallest absolute Gasteiger partial charge is 0.0577 e. The summed E-state index contributed by atoms with van der Waals surface area (Å²) in [7, 11) is 0. The number of aliphatic hydroxyl groups is 1. The topological polar surface area (TPSA) is 20.2 Å². The van der Waals surface area contributed by atoms with E-state index in [4.69, 9.17) is 6.58 Å². The zero-order valence-electron chi connectivity index (χ0n) is 24.4. The van der Waals surface area contributed by atoms with E-state index in [9.17, 15) is 5.11 Å². The van der Waals surface area contributed by atoms with Gasteiger partial charge in [0.15, 0.2) is 0 Å². The molecule has 1 N–H and O–H groups in total. The molecule has 1 nitrogen and oxygen atoms in total. The summed E-state index contributed by atoms with van der Waals surface area (Å²) in [6, 6.07) is 20.8. The lowest BCUT2D eigenvalue weighted by atomic mass is 9.47. The molecule has 0 unspecified atom stereocenters. The van der Waals surface area contributed by atoms with Crippen LogP contribution in [-0.4, -0.2) is 11.2 Å². The molecule has 0 amide bonds. The van der Waals surface area contributed by atoms with Crippen LogP contribution in [0.15, 0.2) is 78.4 Å². The lowest BCUT2D eigenvalue weighted by Crippen LogP contribution is -2.50. The van der Waals surface area contributed by atoms with Gasteiger partial charge in [-0.05, 0) is 137 Å². The van der Waals surface area contributed by atoms with Gasteiger partial charge in [-0.3, -0.25) is 0 Å². The molecule has 40 heavy (non-hydrogen) atoms. The van der Waals surface area contributed by atoms with Crippen LogP contribution < -0.4 is 0 Å². The first-order valence-corrected chi connectivity index (χ1v) is 16.1. The molecule has 0 aliphatic heterocycles. The summed E-state index contributed by atoms with van der Waals surface area (Å²) in [6.07, 6.45) is 14.4. The van der Waals surface area contributed by atoms with Gasteiger partial charge in [0.25, 0.3) is 0 Å². The van der Waals surface area contributed by atoms with Crippen molar-refractivity contribution in [3.05, 3.63) is 84.0 Å². The summed E-state index contributed by atoms with van der Waals surface area (Å²) in [4.78, 5) is 0. The Kier molecular flexibility index (Phi) is 5.60. The summed E-state index contributed by atoms with van der Waals surface area (Å²) in [5.74, 6) is 3.12. The van der Waals surface area contributed by atoms with Crippen LogP contribution in [0.2, 0.25) is 0 Å². The fourth-order valence-electron chi connectivity index (χ4n) is 10.8. The number of hydrogen-bond acceptors (Lipinski definition) is 1. The third kappa shape index (κ3) is 3.56. The zero-order valence-corrected chi connectivity index (χ0v) is 24.4. The number of aryl methyl sites for hydroxylation is 1. The molecule has 0 bridgehead atoms. The quantitative estimate of drug-likeness (QED) is 0.206. The average Bonchev–Trinajstić information content (AvgIpc) is 3.32. The normalized spacial score (nSPS) is 35.5. The molecule has 206 valence electrons. The summed E-state index contributed by atoms with van der Waals surface area (Å²) in [5.41, 5.74) is 5.28. The highest BCUT2D eigenvalue weighted by molar-refractivity contribution is 6.23. The predicted molar refractivity (Wildman–Crippen MR) is 169 cm³/mol. The van der Waals surface area contributed by atoms with E-state index in [0.29, 0.717) is 16.7 Å². The van der Waals surface area contributed by atoms with Crippen LogP contribution in [0.25, 0.3) is 32.3 Å². The molecule has 0 heterocycles. The van der Waals surface area contributed by atoms with Crippen LogP contribution in [0.3, 0.4) is 0 Å². The van der Waals surface area contributed by atoms with Crippen molar-refractivity contribution in [2.45, 2.75) is 84.2 Å². The summed E-state index contributed by atoms with van der Waals surface area (Å²) in [5, 5.41) is 18.6. The SMILES string of the molecule is C=C(CCc1cc2ccc3cccc4ccc(c1)c2c34)[C@H]1CC[C@H]2[C@@H]3CC=C4C[C@@H](O)CC[C@]4(C)[C@H]3CC[C@]12C. The van der Waals surface area contributed by atoms with Crippen molar-refractivity contribution >= 4 is 32.3 Å². The molecule has 7 atom stereocenters. The molecule has 0 saturated heterocycles. The van der Waals surface area contributed by atoms with Crippen molar-refractivity contribution in [3.63, 3.8) is 0 Å². The largest absolute Gasteiger partial charge is 0.393 e. The van der Waals surface area contributed by atoms with E-state index in [0.717, 1.165) is 43.4 Å². The van der Waals surface area contributed by atoms with Gasteiger partial charge in [0.2, 0.25) is 0 Å². The van der Waals surface area contributed by atoms with E-state index in [1.54, 1.807) is 5.57 Å². The molecular weight excluding hydrogens is 484 g/mol. The molecule has 1 heteroatoms. The highest BCUT2D eigenvalue weighted by Gasteiger charge is 2.58. The summed E-state index contributed by atoms with van der Waals surface area (Å²) in [6.45, 7) is 9.96. The summed E-state index contributed by atoms with van der Waals surface area (Å²) >= 11 is 0. The molecule has 8 rings (SSSR count). The number of aliphatic hydroxyl groups excluding tert-OH is 1. The van der Waals surface area contributed by atoms with Crippen LogP contribution in [0.5, 0.6) is 0 Å². The Balaban J connectivity index is 1.02. The molecule has 4 aromatic rings. The maximum Gasteiger partial charge on any atom is 0.0577 e. The van der Waals surface area contributed by atoms with Crippen LogP contribution in [0, 0.1) is 34.5 Å². The molecule has 4 aliphatic rings. The number of hydrogen-bond donors (Lipinski definition) is 1.